The molecule has 1 unspecified atom stereocenters. The molecular formula is C23H36FN9O. The summed E-state index contributed by atoms with van der Waals surface area (Å²) in [5, 5.41) is 25.3. The highest BCUT2D eigenvalue weighted by Gasteiger charge is 2.48. The molecule has 2 atom stereocenters. The van der Waals surface area contributed by atoms with E-state index in [-0.39, 0.29) is 17.4 Å². The number of nitrogens with zero attached hydrogens (tertiary/aromatic N) is 6. The van der Waals surface area contributed by atoms with E-state index < -0.39 is 17.7 Å². The molecule has 2 fully saturated rings. The van der Waals surface area contributed by atoms with Crippen LogP contribution in [0.15, 0.2) is 6.20 Å². The Labute approximate surface area is 199 Å². The summed E-state index contributed by atoms with van der Waals surface area (Å²) < 4.78 is 14.5. The van der Waals surface area contributed by atoms with Crippen molar-refractivity contribution < 1.29 is 9.50 Å². The van der Waals surface area contributed by atoms with Gasteiger partial charge in [-0.2, -0.15) is 10.1 Å². The van der Waals surface area contributed by atoms with Gasteiger partial charge in [0, 0.05) is 42.8 Å². The van der Waals surface area contributed by atoms with Gasteiger partial charge in [0.2, 0.25) is 5.95 Å². The maximum atomic E-state index is 14.5. The number of aromatic nitrogens is 4. The molecule has 0 aromatic carbocycles. The topological polar surface area (TPSA) is 108 Å². The first-order chi connectivity index (χ1) is 16.0. The van der Waals surface area contributed by atoms with Crippen LogP contribution in [0.3, 0.4) is 0 Å². The first-order valence-corrected chi connectivity index (χ1v) is 12.0. The van der Waals surface area contributed by atoms with Gasteiger partial charge in [0.1, 0.15) is 0 Å². The Morgan fingerprint density at radius 2 is 1.97 bits per heavy atom. The first kappa shape index (κ1) is 23.4. The number of anilines is 3. The molecule has 10 nitrogen and oxygen atoms in total. The Morgan fingerprint density at radius 1 is 1.24 bits per heavy atom. The summed E-state index contributed by atoms with van der Waals surface area (Å²) in [5.74, 6) is 0.460. The van der Waals surface area contributed by atoms with Crippen LogP contribution >= 0.6 is 0 Å². The van der Waals surface area contributed by atoms with E-state index in [2.05, 4.69) is 87.2 Å². The molecule has 186 valence electrons. The minimum atomic E-state index is -0.767. The van der Waals surface area contributed by atoms with Crippen LogP contribution in [-0.2, 0) is 12.1 Å². The van der Waals surface area contributed by atoms with E-state index in [4.69, 9.17) is 0 Å². The summed E-state index contributed by atoms with van der Waals surface area (Å²) in [7, 11) is 2.13. The van der Waals surface area contributed by atoms with Crippen LogP contribution in [0.5, 0.6) is 0 Å². The van der Waals surface area contributed by atoms with E-state index in [1.807, 2.05) is 0 Å². The van der Waals surface area contributed by atoms with Gasteiger partial charge in [0.05, 0.1) is 17.4 Å². The predicted octanol–water partition coefficient (Wildman–Crippen LogP) is 2.40. The average molecular weight is 474 g/mol. The number of aromatic amines is 1. The molecule has 2 aliphatic heterocycles. The SMILES string of the molecule is C[C@H]1CN(C)C(C)(C)CN1C(O)N1Cc2c(Nc3nc(NC4CC4)ncc3F)n[nH]c2C1(C)C. The van der Waals surface area contributed by atoms with Crippen LogP contribution in [0.1, 0.15) is 58.7 Å². The Bertz CT molecular complexity index is 1070. The van der Waals surface area contributed by atoms with Crippen molar-refractivity contribution in [3.63, 3.8) is 0 Å². The summed E-state index contributed by atoms with van der Waals surface area (Å²) >= 11 is 0. The van der Waals surface area contributed by atoms with Gasteiger partial charge in [-0.05, 0) is 54.5 Å². The van der Waals surface area contributed by atoms with Crippen LogP contribution < -0.4 is 10.6 Å². The van der Waals surface area contributed by atoms with Crippen molar-refractivity contribution >= 4 is 17.6 Å². The number of nitrogens with one attached hydrogen (secondary N) is 3. The molecule has 1 saturated carbocycles. The molecule has 0 amide bonds. The van der Waals surface area contributed by atoms with Crippen molar-refractivity contribution in [2.24, 2.45) is 0 Å². The molecule has 5 rings (SSSR count). The Morgan fingerprint density at radius 3 is 2.68 bits per heavy atom. The maximum absolute atomic E-state index is 14.5. The van der Waals surface area contributed by atoms with Crippen molar-refractivity contribution in [1.82, 2.24) is 34.9 Å². The van der Waals surface area contributed by atoms with Crippen molar-refractivity contribution in [2.75, 3.05) is 30.8 Å². The first-order valence-electron chi connectivity index (χ1n) is 12.0. The highest BCUT2D eigenvalue weighted by atomic mass is 19.1. The van der Waals surface area contributed by atoms with E-state index >= 15 is 0 Å². The van der Waals surface area contributed by atoms with Crippen LogP contribution in [0.4, 0.5) is 22.0 Å². The van der Waals surface area contributed by atoms with E-state index in [0.717, 1.165) is 37.2 Å². The molecule has 0 bridgehead atoms. The number of fused-ring (bicyclic) bond motifs is 1. The lowest BCUT2D eigenvalue weighted by atomic mass is 9.96. The van der Waals surface area contributed by atoms with Gasteiger partial charge in [-0.1, -0.05) is 0 Å². The van der Waals surface area contributed by atoms with Gasteiger partial charge in [0.25, 0.3) is 0 Å². The van der Waals surface area contributed by atoms with Gasteiger partial charge >= 0.3 is 0 Å². The number of aliphatic hydroxyl groups excluding tert-OH is 1. The van der Waals surface area contributed by atoms with E-state index in [1.165, 1.54) is 6.20 Å². The molecule has 11 heteroatoms. The monoisotopic (exact) mass is 473 g/mol. The molecule has 2 aromatic heterocycles. The molecule has 1 aliphatic carbocycles. The summed E-state index contributed by atoms with van der Waals surface area (Å²) in [6.45, 7) is 12.8. The lowest BCUT2D eigenvalue weighted by molar-refractivity contribution is -0.187. The fraction of sp³-hybridized carbons (Fsp3) is 0.696. The third-order valence-electron chi connectivity index (χ3n) is 7.70. The van der Waals surface area contributed by atoms with Crippen LogP contribution in [-0.4, -0.2) is 84.1 Å². The lowest BCUT2D eigenvalue weighted by Gasteiger charge is -2.52. The third kappa shape index (κ3) is 4.04. The predicted molar refractivity (Wildman–Crippen MR) is 128 cm³/mol. The Hall–Kier alpha value is -2.34. The minimum Gasteiger partial charge on any atom is -0.365 e. The van der Waals surface area contributed by atoms with Gasteiger partial charge in [-0.25, -0.2) is 9.37 Å². The van der Waals surface area contributed by atoms with E-state index in [1.54, 1.807) is 0 Å². The third-order valence-corrected chi connectivity index (χ3v) is 7.70. The number of piperazine rings is 1. The second-order valence-electron chi connectivity index (χ2n) is 11.1. The maximum Gasteiger partial charge on any atom is 0.225 e. The number of likely N-dealkylation sites (N-methyl/N-ethyl adjacent to an activating group) is 1. The van der Waals surface area contributed by atoms with Crippen molar-refractivity contribution in [3.05, 3.63) is 23.3 Å². The van der Waals surface area contributed by atoms with Crippen molar-refractivity contribution in [1.29, 1.82) is 0 Å². The Balaban J connectivity index is 1.37. The molecular weight excluding hydrogens is 437 g/mol. The molecule has 4 heterocycles. The minimum absolute atomic E-state index is 0.0450. The molecule has 1 saturated heterocycles. The number of aliphatic hydroxyl groups is 1. The molecule has 34 heavy (non-hydrogen) atoms. The highest BCUT2D eigenvalue weighted by Crippen LogP contribution is 2.43. The van der Waals surface area contributed by atoms with Gasteiger partial charge in [-0.3, -0.25) is 19.8 Å². The second kappa shape index (κ2) is 8.11. The molecule has 2 aromatic rings. The van der Waals surface area contributed by atoms with Gasteiger partial charge in [-0.15, -0.1) is 0 Å². The molecule has 4 N–H and O–H groups in total. The normalized spacial score (nSPS) is 25.8. The molecule has 0 spiro atoms. The fourth-order valence-corrected chi connectivity index (χ4v) is 5.02. The van der Waals surface area contributed by atoms with Crippen molar-refractivity contribution in [3.8, 4) is 0 Å². The zero-order chi connectivity index (χ0) is 24.4. The summed E-state index contributed by atoms with van der Waals surface area (Å²) in [5.41, 5.74) is 1.27. The number of rotatable bonds is 6. The standard InChI is InChI=1S/C23H36FN9O/c1-13-10-31(6)22(2,3)12-32(13)21(34)33-11-15-17(23(33,4)5)29-30-18(15)27-19-16(24)9-25-20(28-19)26-14-7-8-14/h9,13-14,21,34H,7-8,10-12H2,1-6H3,(H3,25,26,27,28,29,30)/t13-,21?/m0/s1. The summed E-state index contributed by atoms with van der Waals surface area (Å²) in [6.07, 6.45) is 2.56. The molecule has 0 radical (unpaired) electrons. The van der Waals surface area contributed by atoms with Crippen LogP contribution in [0.2, 0.25) is 0 Å². The van der Waals surface area contributed by atoms with E-state index in [0.29, 0.717) is 24.4 Å². The number of H-pyrrole nitrogens is 1. The number of hydrogen-bond donors (Lipinski definition) is 4. The van der Waals surface area contributed by atoms with Crippen LogP contribution in [0, 0.1) is 5.82 Å². The van der Waals surface area contributed by atoms with Crippen LogP contribution in [0.25, 0.3) is 0 Å². The number of hydrogen-bond acceptors (Lipinski definition) is 9. The highest BCUT2D eigenvalue weighted by molar-refractivity contribution is 5.60. The summed E-state index contributed by atoms with van der Waals surface area (Å²) in [4.78, 5) is 14.9. The second-order valence-corrected chi connectivity index (χ2v) is 11.1. The zero-order valence-corrected chi connectivity index (χ0v) is 20.9. The number of halogens is 1. The summed E-state index contributed by atoms with van der Waals surface area (Å²) in [6, 6.07) is 0.566. The fourth-order valence-electron chi connectivity index (χ4n) is 5.02. The molecule has 3 aliphatic rings. The smallest absolute Gasteiger partial charge is 0.225 e. The zero-order valence-electron chi connectivity index (χ0n) is 20.9. The van der Waals surface area contributed by atoms with Crippen molar-refractivity contribution in [2.45, 2.75) is 83.5 Å². The van der Waals surface area contributed by atoms with E-state index in [9.17, 15) is 9.50 Å². The van der Waals surface area contributed by atoms with Gasteiger partial charge < -0.3 is 15.7 Å². The largest absolute Gasteiger partial charge is 0.365 e. The Kier molecular flexibility index (Phi) is 5.58. The quantitative estimate of drug-likeness (QED) is 0.503. The average Bonchev–Trinajstić information content (AvgIpc) is 3.41. The van der Waals surface area contributed by atoms with Gasteiger partial charge in [0.15, 0.2) is 23.8 Å². The lowest BCUT2D eigenvalue weighted by Crippen LogP contribution is -2.66.